The Morgan fingerprint density at radius 1 is 1.35 bits per heavy atom. The lowest BCUT2D eigenvalue weighted by Crippen LogP contribution is -2.49. The lowest BCUT2D eigenvalue weighted by Gasteiger charge is -2.26. The molecule has 0 aromatic rings. The molecule has 0 saturated heterocycles. The highest BCUT2D eigenvalue weighted by atomic mass is 16.2. The quantitative estimate of drug-likeness (QED) is 0.203. The summed E-state index contributed by atoms with van der Waals surface area (Å²) in [6, 6.07) is 0. The van der Waals surface area contributed by atoms with Gasteiger partial charge in [-0.2, -0.15) is 0 Å². The summed E-state index contributed by atoms with van der Waals surface area (Å²) in [6.45, 7) is 4.23. The molecule has 0 saturated carbocycles. The van der Waals surface area contributed by atoms with E-state index in [1.54, 1.807) is 0 Å². The molecule has 0 aliphatic heterocycles. The van der Waals surface area contributed by atoms with Gasteiger partial charge in [-0.3, -0.25) is 0 Å². The Morgan fingerprint density at radius 3 is 2.65 bits per heavy atom. The third-order valence-corrected chi connectivity index (χ3v) is 2.56. The molecule has 0 aliphatic carbocycles. The Labute approximate surface area is 104 Å². The monoisotopic (exact) mass is 245 g/mol. The van der Waals surface area contributed by atoms with Gasteiger partial charge in [-0.15, -0.1) is 0 Å². The highest BCUT2D eigenvalue weighted by molar-refractivity contribution is 5.49. The van der Waals surface area contributed by atoms with Gasteiger partial charge in [-0.05, 0) is 25.7 Å². The Balaban J connectivity index is 3.84. The van der Waals surface area contributed by atoms with E-state index in [-0.39, 0.29) is 12.8 Å². The molecular weight excluding hydrogens is 218 g/mol. The minimum Gasteiger partial charge on any atom is -0.396 e. The van der Waals surface area contributed by atoms with Gasteiger partial charge in [0.05, 0.1) is 6.17 Å². The van der Waals surface area contributed by atoms with Crippen molar-refractivity contribution in [3.8, 4) is 0 Å². The smallest absolute Gasteiger partial charge is 0.120 e. The molecule has 0 aromatic heterocycles. The van der Waals surface area contributed by atoms with Crippen LogP contribution in [-0.4, -0.2) is 42.3 Å². The van der Waals surface area contributed by atoms with E-state index in [4.69, 9.17) is 10.8 Å². The van der Waals surface area contributed by atoms with Crippen LogP contribution in [0.4, 0.5) is 0 Å². The molecule has 0 bridgehead atoms. The molecule has 1 atom stereocenters. The van der Waals surface area contributed by atoms with Gasteiger partial charge in [-0.1, -0.05) is 13.3 Å². The maximum absolute atomic E-state index is 10.3. The zero-order valence-corrected chi connectivity index (χ0v) is 10.9. The summed E-state index contributed by atoms with van der Waals surface area (Å²) in [5.74, 6) is 0. The second-order valence-electron chi connectivity index (χ2n) is 4.25. The van der Waals surface area contributed by atoms with Gasteiger partial charge in [0.2, 0.25) is 0 Å². The van der Waals surface area contributed by atoms with E-state index >= 15 is 0 Å². The Kier molecular flexibility index (Phi) is 11.6. The largest absolute Gasteiger partial charge is 0.396 e. The first-order chi connectivity index (χ1) is 8.24. The number of carbonyl (C=O) groups is 1. The van der Waals surface area contributed by atoms with E-state index in [0.29, 0.717) is 12.8 Å². The van der Waals surface area contributed by atoms with Gasteiger partial charge in [-0.25, -0.2) is 10.4 Å². The molecular formula is C12H27N3O2. The highest BCUT2D eigenvalue weighted by Gasteiger charge is 2.08. The molecule has 17 heavy (non-hydrogen) atoms. The summed E-state index contributed by atoms with van der Waals surface area (Å²) in [4.78, 5) is 10.3. The van der Waals surface area contributed by atoms with Crippen molar-refractivity contribution in [3.05, 3.63) is 0 Å². The lowest BCUT2D eigenvalue weighted by molar-refractivity contribution is -0.108. The van der Waals surface area contributed by atoms with Crippen molar-refractivity contribution in [3.63, 3.8) is 0 Å². The van der Waals surface area contributed by atoms with Crippen LogP contribution in [0.15, 0.2) is 0 Å². The van der Waals surface area contributed by atoms with Crippen LogP contribution in [0.2, 0.25) is 0 Å². The Morgan fingerprint density at radius 2 is 2.06 bits per heavy atom. The molecule has 0 aromatic carbocycles. The number of unbranched alkanes of at least 4 members (excludes halogenated alkanes) is 2. The maximum atomic E-state index is 10.3. The number of nitrogens with zero attached hydrogens (tertiary/aromatic N) is 1. The highest BCUT2D eigenvalue weighted by Crippen LogP contribution is 1.98. The van der Waals surface area contributed by atoms with Crippen LogP contribution in [-0.2, 0) is 4.79 Å². The molecule has 0 heterocycles. The van der Waals surface area contributed by atoms with Gasteiger partial charge < -0.3 is 15.6 Å². The molecule has 0 radical (unpaired) electrons. The van der Waals surface area contributed by atoms with Gasteiger partial charge >= 0.3 is 0 Å². The van der Waals surface area contributed by atoms with Crippen molar-refractivity contribution in [2.45, 2.75) is 51.6 Å². The number of aldehydes is 1. The fourth-order valence-corrected chi connectivity index (χ4v) is 1.55. The first-order valence-corrected chi connectivity index (χ1v) is 6.55. The minimum atomic E-state index is -0.161. The van der Waals surface area contributed by atoms with Gasteiger partial charge in [0, 0.05) is 26.1 Å². The van der Waals surface area contributed by atoms with Crippen molar-refractivity contribution in [2.24, 2.45) is 5.73 Å². The molecule has 0 fully saturated rings. The van der Waals surface area contributed by atoms with E-state index < -0.39 is 0 Å². The zero-order valence-electron chi connectivity index (χ0n) is 10.9. The normalized spacial score (nSPS) is 12.9. The summed E-state index contributed by atoms with van der Waals surface area (Å²) < 4.78 is 0. The standard InChI is InChI=1S/C12H27N3O2/c1-2-3-8-15(9-4-5-10-16)14-12(13)7-6-11-17/h11-12,14,16H,2-10,13H2,1H3. The van der Waals surface area contributed by atoms with Crippen LogP contribution in [0, 0.1) is 0 Å². The zero-order chi connectivity index (χ0) is 12.9. The number of rotatable bonds is 12. The van der Waals surface area contributed by atoms with Crippen molar-refractivity contribution < 1.29 is 9.90 Å². The minimum absolute atomic E-state index is 0.161. The lowest BCUT2D eigenvalue weighted by atomic mass is 10.2. The molecule has 0 aliphatic rings. The van der Waals surface area contributed by atoms with Crippen molar-refractivity contribution in [1.29, 1.82) is 0 Å². The van der Waals surface area contributed by atoms with E-state index in [1.807, 2.05) is 0 Å². The summed E-state index contributed by atoms with van der Waals surface area (Å²) in [5, 5.41) is 10.9. The maximum Gasteiger partial charge on any atom is 0.120 e. The molecule has 5 nitrogen and oxygen atoms in total. The summed E-state index contributed by atoms with van der Waals surface area (Å²) >= 11 is 0. The molecule has 0 spiro atoms. The van der Waals surface area contributed by atoms with E-state index in [2.05, 4.69) is 17.4 Å². The fraction of sp³-hybridized carbons (Fsp3) is 0.917. The number of nitrogens with one attached hydrogen (secondary N) is 1. The van der Waals surface area contributed by atoms with Crippen molar-refractivity contribution >= 4 is 6.29 Å². The number of aliphatic hydroxyl groups is 1. The van der Waals surface area contributed by atoms with Crippen LogP contribution in [0.25, 0.3) is 0 Å². The topological polar surface area (TPSA) is 78.6 Å². The molecule has 102 valence electrons. The second-order valence-corrected chi connectivity index (χ2v) is 4.25. The summed E-state index contributed by atoms with van der Waals surface area (Å²) in [6.07, 6.45) is 5.91. The average molecular weight is 245 g/mol. The third kappa shape index (κ3) is 10.4. The molecule has 4 N–H and O–H groups in total. The number of nitrogens with two attached hydrogens (primary N) is 1. The van der Waals surface area contributed by atoms with Gasteiger partial charge in [0.25, 0.3) is 0 Å². The molecule has 1 unspecified atom stereocenters. The van der Waals surface area contributed by atoms with Crippen LogP contribution in [0.3, 0.4) is 0 Å². The molecule has 5 heteroatoms. The predicted octanol–water partition coefficient (Wildman–Crippen LogP) is 0.630. The number of aliphatic hydroxyl groups excluding tert-OH is 1. The van der Waals surface area contributed by atoms with Crippen LogP contribution < -0.4 is 11.2 Å². The predicted molar refractivity (Wildman–Crippen MR) is 69.2 cm³/mol. The van der Waals surface area contributed by atoms with Gasteiger partial charge in [0.1, 0.15) is 6.29 Å². The fourth-order valence-electron chi connectivity index (χ4n) is 1.55. The van der Waals surface area contributed by atoms with E-state index in [0.717, 1.165) is 45.1 Å². The SMILES string of the molecule is CCCCN(CCCCO)NC(N)CCC=O. The van der Waals surface area contributed by atoms with Gasteiger partial charge in [0.15, 0.2) is 0 Å². The number of hydrogen-bond donors (Lipinski definition) is 3. The summed E-state index contributed by atoms with van der Waals surface area (Å²) in [5.41, 5.74) is 9.09. The Hall–Kier alpha value is -0.490. The first kappa shape index (κ1) is 16.5. The number of carbonyl (C=O) groups excluding carboxylic acids is 1. The first-order valence-electron chi connectivity index (χ1n) is 6.55. The van der Waals surface area contributed by atoms with Crippen LogP contribution >= 0.6 is 0 Å². The molecule has 0 amide bonds. The average Bonchev–Trinajstić information content (AvgIpc) is 2.33. The molecule has 0 rings (SSSR count). The van der Waals surface area contributed by atoms with Crippen molar-refractivity contribution in [1.82, 2.24) is 10.4 Å². The number of hydrazine groups is 1. The third-order valence-electron chi connectivity index (χ3n) is 2.56. The van der Waals surface area contributed by atoms with Crippen molar-refractivity contribution in [2.75, 3.05) is 19.7 Å². The van der Waals surface area contributed by atoms with Crippen LogP contribution in [0.5, 0.6) is 0 Å². The summed E-state index contributed by atoms with van der Waals surface area (Å²) in [7, 11) is 0. The second kappa shape index (κ2) is 12.0. The Bertz CT molecular complexity index is 179. The van der Waals surface area contributed by atoms with Crippen LogP contribution in [0.1, 0.15) is 45.4 Å². The number of hydrogen-bond acceptors (Lipinski definition) is 5. The van der Waals surface area contributed by atoms with E-state index in [1.165, 1.54) is 0 Å². The van der Waals surface area contributed by atoms with E-state index in [9.17, 15) is 4.79 Å².